The fourth-order valence-corrected chi connectivity index (χ4v) is 3.22. The molecule has 0 saturated heterocycles. The molecule has 0 aliphatic heterocycles. The Morgan fingerprint density at radius 2 is 1.50 bits per heavy atom. The van der Waals surface area contributed by atoms with Crippen LogP contribution in [-0.2, 0) is 0 Å². The average Bonchev–Trinajstić information content (AvgIpc) is 2.55. The lowest BCUT2D eigenvalue weighted by Gasteiger charge is -2.30. The molecule has 5 N–H and O–H groups in total. The van der Waals surface area contributed by atoms with Crippen molar-refractivity contribution in [1.29, 1.82) is 0 Å². The standard InChI is InChI=1S/C18H39NO5/c1-5-7-8-14(6-2)9-13(3)10-19(4)11-15(21)17(23)18(24)16(22)12-20/h13-18,20-24H,5-12H2,1-4H3. The number of aliphatic hydroxyl groups is 5. The molecule has 0 spiro atoms. The first kappa shape index (κ1) is 23.8. The van der Waals surface area contributed by atoms with Crippen molar-refractivity contribution in [2.24, 2.45) is 11.8 Å². The molecule has 0 amide bonds. The molecule has 6 heteroatoms. The van der Waals surface area contributed by atoms with E-state index >= 15 is 0 Å². The van der Waals surface area contributed by atoms with Crippen LogP contribution in [0.5, 0.6) is 0 Å². The maximum Gasteiger partial charge on any atom is 0.111 e. The van der Waals surface area contributed by atoms with Crippen molar-refractivity contribution in [2.45, 2.75) is 77.3 Å². The smallest absolute Gasteiger partial charge is 0.111 e. The second-order valence-corrected chi connectivity index (χ2v) is 7.28. The molecule has 0 bridgehead atoms. The highest BCUT2D eigenvalue weighted by molar-refractivity contribution is 4.82. The van der Waals surface area contributed by atoms with Crippen LogP contribution in [-0.4, -0.2) is 81.6 Å². The van der Waals surface area contributed by atoms with Crippen LogP contribution >= 0.6 is 0 Å². The fraction of sp³-hybridized carbons (Fsp3) is 1.00. The Morgan fingerprint density at radius 1 is 0.917 bits per heavy atom. The number of unbranched alkanes of at least 4 members (excludes halogenated alkanes) is 1. The predicted octanol–water partition coefficient (Wildman–Crippen LogP) is 0.597. The molecule has 0 aromatic rings. The van der Waals surface area contributed by atoms with E-state index in [1.807, 2.05) is 11.9 Å². The first-order valence-corrected chi connectivity index (χ1v) is 9.28. The largest absolute Gasteiger partial charge is 0.394 e. The Labute approximate surface area is 147 Å². The summed E-state index contributed by atoms with van der Waals surface area (Å²) < 4.78 is 0. The molecule has 146 valence electrons. The number of aliphatic hydroxyl groups excluding tert-OH is 5. The van der Waals surface area contributed by atoms with E-state index in [1.54, 1.807) is 0 Å². The predicted molar refractivity (Wildman–Crippen MR) is 95.7 cm³/mol. The van der Waals surface area contributed by atoms with Crippen LogP contribution in [0.4, 0.5) is 0 Å². The van der Waals surface area contributed by atoms with E-state index in [4.69, 9.17) is 5.11 Å². The normalized spacial score (nSPS) is 19.8. The average molecular weight is 350 g/mol. The van der Waals surface area contributed by atoms with Crippen molar-refractivity contribution >= 4 is 0 Å². The van der Waals surface area contributed by atoms with Gasteiger partial charge in [0.15, 0.2) is 0 Å². The quantitative estimate of drug-likeness (QED) is 0.315. The molecule has 0 heterocycles. The van der Waals surface area contributed by atoms with Crippen LogP contribution in [0.25, 0.3) is 0 Å². The summed E-state index contributed by atoms with van der Waals surface area (Å²) in [5.41, 5.74) is 0. The Balaban J connectivity index is 4.28. The van der Waals surface area contributed by atoms with Gasteiger partial charge in [-0.15, -0.1) is 0 Å². The Morgan fingerprint density at radius 3 is 2.00 bits per heavy atom. The number of rotatable bonds is 14. The maximum atomic E-state index is 10.0. The van der Waals surface area contributed by atoms with E-state index in [-0.39, 0.29) is 6.54 Å². The highest BCUT2D eigenvalue weighted by Crippen LogP contribution is 2.22. The molecule has 0 saturated carbocycles. The molecule has 0 rings (SSSR count). The minimum absolute atomic E-state index is 0.201. The molecule has 24 heavy (non-hydrogen) atoms. The van der Waals surface area contributed by atoms with E-state index in [1.165, 1.54) is 25.7 Å². The molecule has 0 radical (unpaired) electrons. The van der Waals surface area contributed by atoms with Crippen LogP contribution in [0.3, 0.4) is 0 Å². The lowest BCUT2D eigenvalue weighted by atomic mass is 9.89. The SMILES string of the molecule is CCCCC(CC)CC(C)CN(C)CC(O)C(O)C(O)C(O)CO. The number of nitrogens with zero attached hydrogens (tertiary/aromatic N) is 1. The number of hydrogen-bond acceptors (Lipinski definition) is 6. The molecule has 0 aromatic heterocycles. The molecular weight excluding hydrogens is 310 g/mol. The third-order valence-corrected chi connectivity index (χ3v) is 4.73. The van der Waals surface area contributed by atoms with E-state index in [0.29, 0.717) is 5.92 Å². The van der Waals surface area contributed by atoms with Gasteiger partial charge in [0, 0.05) is 13.1 Å². The summed E-state index contributed by atoms with van der Waals surface area (Å²) in [4.78, 5) is 1.93. The van der Waals surface area contributed by atoms with Gasteiger partial charge in [0.05, 0.1) is 12.7 Å². The lowest BCUT2D eigenvalue weighted by Crippen LogP contribution is -2.49. The summed E-state index contributed by atoms with van der Waals surface area (Å²) in [6, 6.07) is 0. The zero-order valence-corrected chi connectivity index (χ0v) is 15.8. The summed E-state index contributed by atoms with van der Waals surface area (Å²) in [5, 5.41) is 47.6. The highest BCUT2D eigenvalue weighted by Gasteiger charge is 2.30. The molecule has 0 aliphatic rings. The van der Waals surface area contributed by atoms with Crippen molar-refractivity contribution in [3.63, 3.8) is 0 Å². The van der Waals surface area contributed by atoms with E-state index in [0.717, 1.165) is 18.9 Å². The monoisotopic (exact) mass is 349 g/mol. The number of hydrogen-bond donors (Lipinski definition) is 5. The van der Waals surface area contributed by atoms with Crippen molar-refractivity contribution in [3.05, 3.63) is 0 Å². The van der Waals surface area contributed by atoms with Gasteiger partial charge < -0.3 is 30.4 Å². The third-order valence-electron chi connectivity index (χ3n) is 4.73. The zero-order valence-electron chi connectivity index (χ0n) is 15.8. The second-order valence-electron chi connectivity index (χ2n) is 7.28. The van der Waals surface area contributed by atoms with Crippen molar-refractivity contribution in [2.75, 3.05) is 26.7 Å². The van der Waals surface area contributed by atoms with E-state index < -0.39 is 31.0 Å². The van der Waals surface area contributed by atoms with Crippen molar-refractivity contribution < 1.29 is 25.5 Å². The molecule has 6 nitrogen and oxygen atoms in total. The highest BCUT2D eigenvalue weighted by atomic mass is 16.4. The zero-order chi connectivity index (χ0) is 18.7. The van der Waals surface area contributed by atoms with Gasteiger partial charge in [0.2, 0.25) is 0 Å². The second kappa shape index (κ2) is 13.0. The third kappa shape index (κ3) is 9.30. The summed E-state index contributed by atoms with van der Waals surface area (Å²) in [5.74, 6) is 1.21. The Hall–Kier alpha value is -0.240. The summed E-state index contributed by atoms with van der Waals surface area (Å²) in [6.07, 6.45) is 0.378. The van der Waals surface area contributed by atoms with Crippen molar-refractivity contribution in [3.8, 4) is 0 Å². The topological polar surface area (TPSA) is 104 Å². The summed E-state index contributed by atoms with van der Waals surface area (Å²) in [7, 11) is 1.87. The molecule has 0 aliphatic carbocycles. The Kier molecular flexibility index (Phi) is 12.9. The van der Waals surface area contributed by atoms with E-state index in [9.17, 15) is 20.4 Å². The van der Waals surface area contributed by atoms with Crippen LogP contribution in [0, 0.1) is 11.8 Å². The molecule has 6 atom stereocenters. The van der Waals surface area contributed by atoms with Crippen LogP contribution in [0.1, 0.15) is 52.9 Å². The van der Waals surface area contributed by atoms with Gasteiger partial charge in [-0.3, -0.25) is 0 Å². The minimum atomic E-state index is -1.56. The minimum Gasteiger partial charge on any atom is -0.394 e. The fourth-order valence-electron chi connectivity index (χ4n) is 3.22. The van der Waals surface area contributed by atoms with Gasteiger partial charge in [0.1, 0.15) is 18.3 Å². The lowest BCUT2D eigenvalue weighted by molar-refractivity contribution is -0.118. The van der Waals surface area contributed by atoms with Crippen LogP contribution < -0.4 is 0 Å². The van der Waals surface area contributed by atoms with Gasteiger partial charge in [-0.2, -0.15) is 0 Å². The van der Waals surface area contributed by atoms with Gasteiger partial charge >= 0.3 is 0 Å². The summed E-state index contributed by atoms with van der Waals surface area (Å²) >= 11 is 0. The molecule has 6 unspecified atom stereocenters. The molecule has 0 fully saturated rings. The number of likely N-dealkylation sites (N-methyl/N-ethyl adjacent to an activating group) is 1. The summed E-state index contributed by atoms with van der Waals surface area (Å²) in [6.45, 7) is 6.97. The van der Waals surface area contributed by atoms with Gasteiger partial charge in [-0.1, -0.05) is 46.5 Å². The molecule has 0 aromatic carbocycles. The van der Waals surface area contributed by atoms with Crippen LogP contribution in [0.2, 0.25) is 0 Å². The van der Waals surface area contributed by atoms with Crippen LogP contribution in [0.15, 0.2) is 0 Å². The van der Waals surface area contributed by atoms with Gasteiger partial charge in [-0.25, -0.2) is 0 Å². The van der Waals surface area contributed by atoms with Crippen molar-refractivity contribution in [1.82, 2.24) is 4.90 Å². The first-order valence-electron chi connectivity index (χ1n) is 9.28. The van der Waals surface area contributed by atoms with Gasteiger partial charge in [-0.05, 0) is 25.3 Å². The Bertz CT molecular complexity index is 305. The molecular formula is C18H39NO5. The maximum absolute atomic E-state index is 10.0. The first-order chi connectivity index (χ1) is 11.3. The van der Waals surface area contributed by atoms with E-state index in [2.05, 4.69) is 20.8 Å². The van der Waals surface area contributed by atoms with Gasteiger partial charge in [0.25, 0.3) is 0 Å².